The second kappa shape index (κ2) is 6.02. The van der Waals surface area contributed by atoms with Crippen molar-refractivity contribution in [3.8, 4) is 5.75 Å². The quantitative estimate of drug-likeness (QED) is 0.509. The first-order valence-corrected chi connectivity index (χ1v) is 6.21. The average Bonchev–Trinajstić information content (AvgIpc) is 2.29. The first-order chi connectivity index (χ1) is 7.95. The van der Waals surface area contributed by atoms with Gasteiger partial charge in [-0.15, -0.1) is 0 Å². The maximum atomic E-state index is 11.3. The van der Waals surface area contributed by atoms with E-state index in [2.05, 4.69) is 35.2 Å². The molecule has 0 heterocycles. The summed E-state index contributed by atoms with van der Waals surface area (Å²) in [5.41, 5.74) is 3.12. The number of hydrogen-bond donors (Lipinski definition) is 2. The van der Waals surface area contributed by atoms with Crippen molar-refractivity contribution >= 4 is 21.8 Å². The third-order valence-corrected chi connectivity index (χ3v) is 2.90. The molecule has 1 unspecified atom stereocenters. The number of benzene rings is 1. The molecule has 0 spiro atoms. The summed E-state index contributed by atoms with van der Waals surface area (Å²) in [7, 11) is 0. The van der Waals surface area contributed by atoms with Crippen LogP contribution in [-0.4, -0.2) is 12.0 Å². The van der Waals surface area contributed by atoms with E-state index in [4.69, 9.17) is 10.6 Å². The van der Waals surface area contributed by atoms with Gasteiger partial charge in [-0.1, -0.05) is 29.8 Å². The number of halogens is 1. The van der Waals surface area contributed by atoms with E-state index in [9.17, 15) is 4.79 Å². The van der Waals surface area contributed by atoms with E-state index in [0.717, 1.165) is 10.0 Å². The lowest BCUT2D eigenvalue weighted by Gasteiger charge is -2.18. The topological polar surface area (TPSA) is 64.3 Å². The maximum absolute atomic E-state index is 11.3. The number of nitrogens with one attached hydrogen (secondary N) is 1. The molecule has 0 aromatic heterocycles. The zero-order chi connectivity index (χ0) is 13.0. The van der Waals surface area contributed by atoms with E-state index in [1.807, 2.05) is 18.2 Å². The largest absolute Gasteiger partial charge is 0.481 e. The Kier molecular flexibility index (Phi) is 4.96. The first-order valence-electron chi connectivity index (χ1n) is 5.42. The molecule has 1 aromatic carbocycles. The summed E-state index contributed by atoms with van der Waals surface area (Å²) in [6, 6.07) is 5.72. The normalized spacial score (nSPS) is 12.4. The predicted molar refractivity (Wildman–Crippen MR) is 70.7 cm³/mol. The lowest BCUT2D eigenvalue weighted by Crippen LogP contribution is -2.40. The molecule has 0 aliphatic heterocycles. The van der Waals surface area contributed by atoms with Crippen LogP contribution in [-0.2, 0) is 4.79 Å². The van der Waals surface area contributed by atoms with E-state index < -0.39 is 6.10 Å². The number of rotatable bonds is 4. The molecule has 0 aliphatic rings. The number of hydrazine groups is 1. The minimum atomic E-state index is -0.612. The van der Waals surface area contributed by atoms with Gasteiger partial charge in [-0.2, -0.15) is 0 Å². The number of carbonyl (C=O) groups excluding carboxylic acids is 1. The van der Waals surface area contributed by atoms with Gasteiger partial charge >= 0.3 is 0 Å². The van der Waals surface area contributed by atoms with Gasteiger partial charge in [-0.3, -0.25) is 10.2 Å². The SMILES string of the molecule is CC(Oc1ccc(Br)cc1C(C)C)C(=O)NN. The van der Waals surface area contributed by atoms with Crippen LogP contribution >= 0.6 is 15.9 Å². The molecule has 0 saturated heterocycles. The number of hydrogen-bond acceptors (Lipinski definition) is 3. The fraction of sp³-hybridized carbons (Fsp3) is 0.417. The molecule has 0 aliphatic carbocycles. The molecule has 1 aromatic rings. The van der Waals surface area contributed by atoms with Crippen molar-refractivity contribution in [2.24, 2.45) is 5.84 Å². The Morgan fingerprint density at radius 2 is 2.06 bits per heavy atom. The van der Waals surface area contributed by atoms with Crippen molar-refractivity contribution in [3.63, 3.8) is 0 Å². The highest BCUT2D eigenvalue weighted by atomic mass is 79.9. The Bertz CT molecular complexity index is 407. The van der Waals surface area contributed by atoms with Crippen LogP contribution in [0.5, 0.6) is 5.75 Å². The van der Waals surface area contributed by atoms with Gasteiger partial charge in [0.1, 0.15) is 5.75 Å². The van der Waals surface area contributed by atoms with E-state index in [1.165, 1.54) is 0 Å². The highest BCUT2D eigenvalue weighted by Crippen LogP contribution is 2.30. The van der Waals surface area contributed by atoms with E-state index in [1.54, 1.807) is 6.92 Å². The second-order valence-corrected chi connectivity index (χ2v) is 5.02. The number of carbonyl (C=O) groups is 1. The summed E-state index contributed by atoms with van der Waals surface area (Å²) in [5.74, 6) is 5.74. The number of nitrogens with two attached hydrogens (primary N) is 1. The zero-order valence-corrected chi connectivity index (χ0v) is 11.7. The first kappa shape index (κ1) is 14.0. The zero-order valence-electron chi connectivity index (χ0n) is 10.2. The predicted octanol–water partition coefficient (Wildman–Crippen LogP) is 2.33. The molecule has 5 heteroatoms. The monoisotopic (exact) mass is 300 g/mol. The Morgan fingerprint density at radius 3 is 2.59 bits per heavy atom. The molecule has 1 amide bonds. The molecule has 3 N–H and O–H groups in total. The van der Waals surface area contributed by atoms with Crippen molar-refractivity contribution in [1.82, 2.24) is 5.43 Å². The summed E-state index contributed by atoms with van der Waals surface area (Å²) in [5, 5.41) is 0. The van der Waals surface area contributed by atoms with Crippen molar-refractivity contribution in [2.75, 3.05) is 0 Å². The fourth-order valence-corrected chi connectivity index (χ4v) is 1.82. The molecule has 0 bridgehead atoms. The highest BCUT2D eigenvalue weighted by molar-refractivity contribution is 9.10. The summed E-state index contributed by atoms with van der Waals surface area (Å²) in [6.07, 6.45) is -0.612. The molecule has 0 radical (unpaired) electrons. The molecule has 94 valence electrons. The second-order valence-electron chi connectivity index (χ2n) is 4.11. The lowest BCUT2D eigenvalue weighted by atomic mass is 10.0. The third-order valence-electron chi connectivity index (χ3n) is 2.41. The smallest absolute Gasteiger partial charge is 0.274 e. The summed E-state index contributed by atoms with van der Waals surface area (Å²) < 4.78 is 6.59. The van der Waals surface area contributed by atoms with Gasteiger partial charge in [0, 0.05) is 4.47 Å². The van der Waals surface area contributed by atoms with Crippen LogP contribution in [0.2, 0.25) is 0 Å². The standard InChI is InChI=1S/C12H17BrN2O2/c1-7(2)10-6-9(13)4-5-11(10)17-8(3)12(16)15-14/h4-8H,14H2,1-3H3,(H,15,16). The van der Waals surface area contributed by atoms with Crippen LogP contribution in [0.25, 0.3) is 0 Å². The molecule has 4 nitrogen and oxygen atoms in total. The minimum Gasteiger partial charge on any atom is -0.481 e. The van der Waals surface area contributed by atoms with Crippen LogP contribution < -0.4 is 16.0 Å². The van der Waals surface area contributed by atoms with Crippen molar-refractivity contribution in [3.05, 3.63) is 28.2 Å². The van der Waals surface area contributed by atoms with Gasteiger partial charge in [-0.05, 0) is 36.6 Å². The Labute approximate surface area is 110 Å². The highest BCUT2D eigenvalue weighted by Gasteiger charge is 2.16. The van der Waals surface area contributed by atoms with Crippen LogP contribution in [0.1, 0.15) is 32.3 Å². The van der Waals surface area contributed by atoms with Gasteiger partial charge in [0.25, 0.3) is 5.91 Å². The molecule has 17 heavy (non-hydrogen) atoms. The number of amides is 1. The van der Waals surface area contributed by atoms with E-state index in [0.29, 0.717) is 11.7 Å². The van der Waals surface area contributed by atoms with Crippen LogP contribution in [0, 0.1) is 0 Å². The molecule has 1 rings (SSSR count). The van der Waals surface area contributed by atoms with Crippen molar-refractivity contribution < 1.29 is 9.53 Å². The van der Waals surface area contributed by atoms with Gasteiger partial charge in [0.05, 0.1) is 0 Å². The van der Waals surface area contributed by atoms with Gasteiger partial charge < -0.3 is 4.74 Å². The molecule has 0 saturated carbocycles. The average molecular weight is 301 g/mol. The minimum absolute atomic E-state index is 0.315. The van der Waals surface area contributed by atoms with Gasteiger partial charge in [0.2, 0.25) is 0 Å². The Balaban J connectivity index is 2.94. The lowest BCUT2D eigenvalue weighted by molar-refractivity contribution is -0.127. The molecule has 0 fully saturated rings. The van der Waals surface area contributed by atoms with E-state index in [-0.39, 0.29) is 5.91 Å². The fourth-order valence-electron chi connectivity index (χ4n) is 1.44. The summed E-state index contributed by atoms with van der Waals surface area (Å²) in [4.78, 5) is 11.3. The van der Waals surface area contributed by atoms with Crippen molar-refractivity contribution in [2.45, 2.75) is 32.8 Å². The molecular formula is C12H17BrN2O2. The van der Waals surface area contributed by atoms with Gasteiger partial charge in [0.15, 0.2) is 6.10 Å². The summed E-state index contributed by atoms with van der Waals surface area (Å²) >= 11 is 3.42. The summed E-state index contributed by atoms with van der Waals surface area (Å²) in [6.45, 7) is 5.80. The van der Waals surface area contributed by atoms with E-state index >= 15 is 0 Å². The van der Waals surface area contributed by atoms with Crippen LogP contribution in [0.15, 0.2) is 22.7 Å². The Hall–Kier alpha value is -1.07. The Morgan fingerprint density at radius 1 is 1.41 bits per heavy atom. The molecular weight excluding hydrogens is 284 g/mol. The van der Waals surface area contributed by atoms with Crippen LogP contribution in [0.4, 0.5) is 0 Å². The third kappa shape index (κ3) is 3.71. The maximum Gasteiger partial charge on any atom is 0.274 e. The van der Waals surface area contributed by atoms with Gasteiger partial charge in [-0.25, -0.2) is 5.84 Å². The van der Waals surface area contributed by atoms with Crippen molar-refractivity contribution in [1.29, 1.82) is 0 Å². The van der Waals surface area contributed by atoms with Crippen LogP contribution in [0.3, 0.4) is 0 Å². The number of ether oxygens (including phenoxy) is 1. The molecule has 1 atom stereocenters.